The van der Waals surface area contributed by atoms with Gasteiger partial charge >= 0.3 is 0 Å². The Kier molecular flexibility index (Phi) is 3.72. The van der Waals surface area contributed by atoms with Crippen molar-refractivity contribution in [2.75, 3.05) is 13.1 Å². The highest BCUT2D eigenvalue weighted by atomic mass is 16.1. The maximum absolute atomic E-state index is 11.9. The quantitative estimate of drug-likeness (QED) is 0.907. The van der Waals surface area contributed by atoms with Crippen LogP contribution in [0, 0.1) is 5.41 Å². The second kappa shape index (κ2) is 5.53. The number of benzene rings is 1. The summed E-state index contributed by atoms with van der Waals surface area (Å²) >= 11 is 0. The Balaban J connectivity index is 1.81. The highest BCUT2D eigenvalue weighted by Crippen LogP contribution is 2.34. The lowest BCUT2D eigenvalue weighted by Crippen LogP contribution is -2.49. The van der Waals surface area contributed by atoms with Gasteiger partial charge in [0.1, 0.15) is 0 Å². The highest BCUT2D eigenvalue weighted by molar-refractivity contribution is 5.83. The van der Waals surface area contributed by atoms with E-state index in [1.807, 2.05) is 6.20 Å². The standard InChI is InChI=1S/C17H23N3O/c1-2-17(16(18)21)8-4-10-20(12-17)11-13-5-3-6-15-14(13)7-9-19-15/h3,5-7,9,19H,2,4,8,10-12H2,1H3,(H2,18,21). The molecule has 1 saturated heterocycles. The third kappa shape index (κ3) is 2.56. The van der Waals surface area contributed by atoms with Gasteiger partial charge in [-0.1, -0.05) is 19.1 Å². The van der Waals surface area contributed by atoms with Crippen LogP contribution in [0.15, 0.2) is 30.5 Å². The number of nitrogens with two attached hydrogens (primary N) is 1. The summed E-state index contributed by atoms with van der Waals surface area (Å²) in [5.41, 5.74) is 7.81. The van der Waals surface area contributed by atoms with Crippen LogP contribution in [0.5, 0.6) is 0 Å². The van der Waals surface area contributed by atoms with E-state index in [2.05, 4.69) is 41.1 Å². The average Bonchev–Trinajstić information content (AvgIpc) is 2.97. The molecule has 1 aromatic heterocycles. The van der Waals surface area contributed by atoms with Crippen molar-refractivity contribution < 1.29 is 4.79 Å². The number of primary amides is 1. The lowest BCUT2D eigenvalue weighted by molar-refractivity contribution is -0.131. The number of likely N-dealkylation sites (tertiary alicyclic amines) is 1. The molecular formula is C17H23N3O. The number of amides is 1. The fraction of sp³-hybridized carbons (Fsp3) is 0.471. The summed E-state index contributed by atoms with van der Waals surface area (Å²) in [7, 11) is 0. The van der Waals surface area contributed by atoms with Crippen molar-refractivity contribution in [3.8, 4) is 0 Å². The Bertz CT molecular complexity index is 648. The minimum Gasteiger partial charge on any atom is -0.369 e. The van der Waals surface area contributed by atoms with Crippen LogP contribution in [0.1, 0.15) is 31.7 Å². The van der Waals surface area contributed by atoms with Crippen molar-refractivity contribution >= 4 is 16.8 Å². The summed E-state index contributed by atoms with van der Waals surface area (Å²) in [4.78, 5) is 17.5. The van der Waals surface area contributed by atoms with E-state index >= 15 is 0 Å². The van der Waals surface area contributed by atoms with E-state index in [0.29, 0.717) is 0 Å². The van der Waals surface area contributed by atoms with Gasteiger partial charge < -0.3 is 10.7 Å². The first-order valence-electron chi connectivity index (χ1n) is 7.72. The van der Waals surface area contributed by atoms with Crippen molar-refractivity contribution in [2.24, 2.45) is 11.1 Å². The number of piperidine rings is 1. The van der Waals surface area contributed by atoms with Crippen LogP contribution in [0.25, 0.3) is 10.9 Å². The van der Waals surface area contributed by atoms with Crippen LogP contribution in [-0.2, 0) is 11.3 Å². The number of aromatic amines is 1. The Morgan fingerprint density at radius 1 is 1.43 bits per heavy atom. The van der Waals surface area contributed by atoms with E-state index in [-0.39, 0.29) is 11.3 Å². The molecule has 4 nitrogen and oxygen atoms in total. The van der Waals surface area contributed by atoms with Gasteiger partial charge in [-0.05, 0) is 43.5 Å². The number of hydrogen-bond donors (Lipinski definition) is 2. The minimum atomic E-state index is -0.343. The number of nitrogens with one attached hydrogen (secondary N) is 1. The highest BCUT2D eigenvalue weighted by Gasteiger charge is 2.39. The third-order valence-electron chi connectivity index (χ3n) is 4.93. The van der Waals surface area contributed by atoms with E-state index in [1.165, 1.54) is 16.5 Å². The average molecular weight is 285 g/mol. The smallest absolute Gasteiger partial charge is 0.224 e. The van der Waals surface area contributed by atoms with E-state index < -0.39 is 0 Å². The fourth-order valence-corrected chi connectivity index (χ4v) is 3.56. The van der Waals surface area contributed by atoms with Gasteiger partial charge in [0.25, 0.3) is 0 Å². The predicted octanol–water partition coefficient (Wildman–Crippen LogP) is 2.65. The zero-order valence-electron chi connectivity index (χ0n) is 12.6. The molecule has 1 aliphatic heterocycles. The summed E-state index contributed by atoms with van der Waals surface area (Å²) < 4.78 is 0. The van der Waals surface area contributed by atoms with Crippen LogP contribution in [-0.4, -0.2) is 28.9 Å². The van der Waals surface area contributed by atoms with Gasteiger partial charge in [-0.25, -0.2) is 0 Å². The van der Waals surface area contributed by atoms with E-state index in [9.17, 15) is 4.79 Å². The molecule has 2 aromatic rings. The summed E-state index contributed by atoms with van der Waals surface area (Å²) in [5.74, 6) is -0.144. The van der Waals surface area contributed by atoms with E-state index in [4.69, 9.17) is 5.73 Å². The first-order valence-corrected chi connectivity index (χ1v) is 7.72. The molecule has 0 radical (unpaired) electrons. The van der Waals surface area contributed by atoms with Gasteiger partial charge in [-0.3, -0.25) is 9.69 Å². The molecule has 112 valence electrons. The third-order valence-corrected chi connectivity index (χ3v) is 4.93. The van der Waals surface area contributed by atoms with Crippen LogP contribution in [0.3, 0.4) is 0 Å². The largest absolute Gasteiger partial charge is 0.369 e. The first kappa shape index (κ1) is 14.1. The number of fused-ring (bicyclic) bond motifs is 1. The van der Waals surface area contributed by atoms with Crippen molar-refractivity contribution in [1.29, 1.82) is 0 Å². The monoisotopic (exact) mass is 285 g/mol. The van der Waals surface area contributed by atoms with Gasteiger partial charge in [-0.2, -0.15) is 0 Å². The Morgan fingerprint density at radius 2 is 2.29 bits per heavy atom. The van der Waals surface area contributed by atoms with Crippen molar-refractivity contribution in [3.63, 3.8) is 0 Å². The summed E-state index contributed by atoms with van der Waals surface area (Å²) in [6.45, 7) is 4.76. The van der Waals surface area contributed by atoms with E-state index in [0.717, 1.165) is 38.9 Å². The number of rotatable bonds is 4. The topological polar surface area (TPSA) is 62.1 Å². The van der Waals surface area contributed by atoms with E-state index in [1.54, 1.807) is 0 Å². The molecule has 2 heterocycles. The van der Waals surface area contributed by atoms with Crippen molar-refractivity contribution in [1.82, 2.24) is 9.88 Å². The molecule has 4 heteroatoms. The van der Waals surface area contributed by atoms with Crippen LogP contribution in [0.4, 0.5) is 0 Å². The zero-order valence-corrected chi connectivity index (χ0v) is 12.6. The number of nitrogens with zero attached hydrogens (tertiary/aromatic N) is 1. The van der Waals surface area contributed by atoms with Gasteiger partial charge in [0.15, 0.2) is 0 Å². The molecule has 1 amide bonds. The van der Waals surface area contributed by atoms with Crippen LogP contribution < -0.4 is 5.73 Å². The maximum Gasteiger partial charge on any atom is 0.224 e. The molecule has 1 aromatic carbocycles. The molecule has 3 rings (SSSR count). The normalized spacial score (nSPS) is 23.5. The number of carbonyl (C=O) groups is 1. The Labute approximate surface area is 125 Å². The van der Waals surface area contributed by atoms with Gasteiger partial charge in [0.2, 0.25) is 5.91 Å². The number of aromatic nitrogens is 1. The predicted molar refractivity (Wildman–Crippen MR) is 84.7 cm³/mol. The second-order valence-electron chi connectivity index (χ2n) is 6.17. The van der Waals surface area contributed by atoms with Gasteiger partial charge in [-0.15, -0.1) is 0 Å². The van der Waals surface area contributed by atoms with Gasteiger partial charge in [0.05, 0.1) is 5.41 Å². The van der Waals surface area contributed by atoms with Crippen molar-refractivity contribution in [2.45, 2.75) is 32.7 Å². The summed E-state index contributed by atoms with van der Waals surface area (Å²) in [6.07, 6.45) is 4.76. The van der Waals surface area contributed by atoms with Gasteiger partial charge in [0, 0.05) is 30.2 Å². The van der Waals surface area contributed by atoms with Crippen LogP contribution in [0.2, 0.25) is 0 Å². The molecule has 0 aliphatic carbocycles. The Hall–Kier alpha value is -1.81. The number of H-pyrrole nitrogens is 1. The first-order chi connectivity index (χ1) is 10.1. The maximum atomic E-state index is 11.9. The molecule has 0 saturated carbocycles. The van der Waals surface area contributed by atoms with Crippen LogP contribution >= 0.6 is 0 Å². The molecule has 0 bridgehead atoms. The molecule has 1 atom stereocenters. The number of carbonyl (C=O) groups excluding carboxylic acids is 1. The fourth-order valence-electron chi connectivity index (χ4n) is 3.56. The molecule has 1 unspecified atom stereocenters. The molecule has 1 aliphatic rings. The molecule has 3 N–H and O–H groups in total. The molecule has 0 spiro atoms. The van der Waals surface area contributed by atoms with Crippen molar-refractivity contribution in [3.05, 3.63) is 36.0 Å². The summed E-state index contributed by atoms with van der Waals surface area (Å²) in [6, 6.07) is 8.46. The summed E-state index contributed by atoms with van der Waals surface area (Å²) in [5, 5.41) is 1.27. The molecule has 21 heavy (non-hydrogen) atoms. The Morgan fingerprint density at radius 3 is 3.05 bits per heavy atom. The minimum absolute atomic E-state index is 0.144. The molecular weight excluding hydrogens is 262 g/mol. The number of hydrogen-bond acceptors (Lipinski definition) is 2. The lowest BCUT2D eigenvalue weighted by atomic mass is 9.77. The SMILES string of the molecule is CCC1(C(N)=O)CCCN(Cc2cccc3[nH]ccc23)C1. The second-order valence-corrected chi connectivity index (χ2v) is 6.17. The zero-order chi connectivity index (χ0) is 14.9. The molecule has 1 fully saturated rings. The lowest BCUT2D eigenvalue weighted by Gasteiger charge is -2.40.